The molecule has 7 nitrogen and oxygen atoms in total. The van der Waals surface area contributed by atoms with Crippen LogP contribution in [0.15, 0.2) is 48.0 Å². The monoisotopic (exact) mass is 429 g/mol. The molecule has 150 valence electrons. The Morgan fingerprint density at radius 2 is 2.21 bits per heavy atom. The number of pyridine rings is 1. The molecular formula is C20H20ClN5O2S. The molecule has 0 radical (unpaired) electrons. The van der Waals surface area contributed by atoms with Gasteiger partial charge < -0.3 is 20.3 Å². The molecule has 0 spiro atoms. The Labute approximate surface area is 178 Å². The van der Waals surface area contributed by atoms with Crippen LogP contribution in [0.3, 0.4) is 0 Å². The predicted octanol–water partition coefficient (Wildman–Crippen LogP) is 3.46. The van der Waals surface area contributed by atoms with Crippen LogP contribution in [0, 0.1) is 0 Å². The molecule has 1 amide bonds. The van der Waals surface area contributed by atoms with Gasteiger partial charge in [0.2, 0.25) is 5.91 Å². The number of hydrogen-bond donors (Lipinski definition) is 2. The van der Waals surface area contributed by atoms with Crippen molar-refractivity contribution in [2.24, 2.45) is 0 Å². The summed E-state index contributed by atoms with van der Waals surface area (Å²) in [4.78, 5) is 23.3. The minimum atomic E-state index is -0.0930. The number of carbonyl (C=O) groups excluding carboxylic acids is 1. The van der Waals surface area contributed by atoms with Crippen molar-refractivity contribution in [3.05, 3.63) is 48.0 Å². The molecule has 2 aromatic heterocycles. The maximum Gasteiger partial charge on any atom is 0.243 e. The Bertz CT molecular complexity index is 1020. The molecule has 0 unspecified atom stereocenters. The Morgan fingerprint density at radius 3 is 3.03 bits per heavy atom. The maximum absolute atomic E-state index is 12.1. The molecule has 4 heterocycles. The summed E-state index contributed by atoms with van der Waals surface area (Å²) < 4.78 is 5.70. The largest absolute Gasteiger partial charge is 0.488 e. The van der Waals surface area contributed by atoms with Gasteiger partial charge in [-0.2, -0.15) is 0 Å². The standard InChI is InChI=1S/C20H19N5O2S.ClH/c26-19(15-6-8-21-15)24-20-23-16(12-28-20)13-3-1-4-14(11-13)25-9-10-27-17-5-2-7-22-18(17)25;/h1-5,7,11-12,15,21H,6,8-10H2,(H,23,24,26);1H/t15-;/m0./s1. The highest BCUT2D eigenvalue weighted by Gasteiger charge is 2.25. The van der Waals surface area contributed by atoms with Crippen molar-refractivity contribution in [2.75, 3.05) is 29.9 Å². The van der Waals surface area contributed by atoms with Gasteiger partial charge in [0.05, 0.1) is 18.3 Å². The minimum absolute atomic E-state index is 0. The number of fused-ring (bicyclic) bond motifs is 1. The number of rotatable bonds is 4. The van der Waals surface area contributed by atoms with Gasteiger partial charge in [-0.15, -0.1) is 23.7 Å². The smallest absolute Gasteiger partial charge is 0.243 e. The molecular weight excluding hydrogens is 410 g/mol. The molecule has 0 aliphatic carbocycles. The zero-order chi connectivity index (χ0) is 18.9. The van der Waals surface area contributed by atoms with Crippen molar-refractivity contribution < 1.29 is 9.53 Å². The third-order valence-electron chi connectivity index (χ3n) is 4.91. The number of amides is 1. The number of nitrogens with zero attached hydrogens (tertiary/aromatic N) is 3. The summed E-state index contributed by atoms with van der Waals surface area (Å²) in [6, 6.07) is 11.9. The van der Waals surface area contributed by atoms with Crippen molar-refractivity contribution >= 4 is 46.3 Å². The van der Waals surface area contributed by atoms with E-state index < -0.39 is 0 Å². The lowest BCUT2D eigenvalue weighted by Crippen LogP contribution is -2.50. The molecule has 1 saturated heterocycles. The number of halogens is 1. The van der Waals surface area contributed by atoms with E-state index in [4.69, 9.17) is 4.74 Å². The summed E-state index contributed by atoms with van der Waals surface area (Å²) in [5.41, 5.74) is 2.89. The van der Waals surface area contributed by atoms with Crippen LogP contribution in [0.5, 0.6) is 5.75 Å². The molecule has 2 aliphatic rings. The third-order valence-corrected chi connectivity index (χ3v) is 5.66. The van der Waals surface area contributed by atoms with Gasteiger partial charge >= 0.3 is 0 Å². The van der Waals surface area contributed by atoms with E-state index in [1.165, 1.54) is 11.3 Å². The molecule has 3 aromatic rings. The van der Waals surface area contributed by atoms with Crippen molar-refractivity contribution in [3.63, 3.8) is 0 Å². The summed E-state index contributed by atoms with van der Waals surface area (Å²) in [5.74, 6) is 1.60. The fourth-order valence-corrected chi connectivity index (χ4v) is 4.03. The minimum Gasteiger partial charge on any atom is -0.488 e. The second-order valence-electron chi connectivity index (χ2n) is 6.70. The lowest BCUT2D eigenvalue weighted by Gasteiger charge is -2.30. The molecule has 1 fully saturated rings. The number of benzene rings is 1. The first kappa shape index (κ1) is 19.6. The van der Waals surface area contributed by atoms with Gasteiger partial charge in [-0.1, -0.05) is 12.1 Å². The van der Waals surface area contributed by atoms with Gasteiger partial charge in [-0.25, -0.2) is 9.97 Å². The number of ether oxygens (including phenoxy) is 1. The van der Waals surface area contributed by atoms with E-state index in [9.17, 15) is 4.79 Å². The SMILES string of the molecule is Cl.O=C(Nc1nc(-c2cccc(N3CCOc4cccnc43)c2)cs1)[C@@H]1CCN1. The Kier molecular flexibility index (Phi) is 5.66. The summed E-state index contributed by atoms with van der Waals surface area (Å²) >= 11 is 1.44. The third kappa shape index (κ3) is 3.91. The Balaban J connectivity index is 0.00000205. The van der Waals surface area contributed by atoms with Crippen LogP contribution in [0.1, 0.15) is 6.42 Å². The lowest BCUT2D eigenvalue weighted by molar-refractivity contribution is -0.119. The molecule has 9 heteroatoms. The van der Waals surface area contributed by atoms with E-state index in [-0.39, 0.29) is 24.4 Å². The van der Waals surface area contributed by atoms with Crippen LogP contribution in [-0.4, -0.2) is 41.6 Å². The lowest BCUT2D eigenvalue weighted by atomic mass is 10.1. The van der Waals surface area contributed by atoms with Crippen LogP contribution in [0.25, 0.3) is 11.3 Å². The van der Waals surface area contributed by atoms with Crippen LogP contribution in [0.2, 0.25) is 0 Å². The predicted molar refractivity (Wildman–Crippen MR) is 117 cm³/mol. The Morgan fingerprint density at radius 1 is 1.31 bits per heavy atom. The average molecular weight is 430 g/mol. The summed E-state index contributed by atoms with van der Waals surface area (Å²) in [6.07, 6.45) is 2.65. The van der Waals surface area contributed by atoms with Gasteiger partial charge in [0.1, 0.15) is 6.61 Å². The number of carbonyl (C=O) groups is 1. The zero-order valence-electron chi connectivity index (χ0n) is 15.5. The van der Waals surface area contributed by atoms with Crippen molar-refractivity contribution in [1.82, 2.24) is 15.3 Å². The highest BCUT2D eigenvalue weighted by Crippen LogP contribution is 2.36. The molecule has 1 atom stereocenters. The number of thiazole rings is 1. The number of nitrogens with one attached hydrogen (secondary N) is 2. The summed E-state index contributed by atoms with van der Waals surface area (Å²) in [7, 11) is 0. The highest BCUT2D eigenvalue weighted by molar-refractivity contribution is 7.14. The summed E-state index contributed by atoms with van der Waals surface area (Å²) in [6.45, 7) is 2.25. The van der Waals surface area contributed by atoms with Gasteiger partial charge in [-0.05, 0) is 37.2 Å². The van der Waals surface area contributed by atoms with Crippen LogP contribution < -0.4 is 20.3 Å². The van der Waals surface area contributed by atoms with Gasteiger partial charge in [-0.3, -0.25) is 4.79 Å². The molecule has 29 heavy (non-hydrogen) atoms. The molecule has 5 rings (SSSR count). The van der Waals surface area contributed by atoms with Crippen molar-refractivity contribution in [2.45, 2.75) is 12.5 Å². The van der Waals surface area contributed by atoms with Crippen molar-refractivity contribution in [1.29, 1.82) is 0 Å². The second-order valence-corrected chi connectivity index (χ2v) is 7.56. The van der Waals surface area contributed by atoms with Crippen LogP contribution in [0.4, 0.5) is 16.6 Å². The van der Waals surface area contributed by atoms with Gasteiger partial charge in [0, 0.05) is 22.8 Å². The fraction of sp³-hybridized carbons (Fsp3) is 0.250. The Hall–Kier alpha value is -2.68. The normalized spacial score (nSPS) is 17.4. The molecule has 0 bridgehead atoms. The van der Waals surface area contributed by atoms with E-state index in [1.807, 2.05) is 29.6 Å². The number of anilines is 3. The fourth-order valence-electron chi connectivity index (χ4n) is 3.30. The highest BCUT2D eigenvalue weighted by atomic mass is 35.5. The first-order chi connectivity index (χ1) is 13.8. The van der Waals surface area contributed by atoms with Gasteiger partial charge in [0.15, 0.2) is 16.7 Å². The molecule has 0 saturated carbocycles. The van der Waals surface area contributed by atoms with Crippen LogP contribution in [-0.2, 0) is 4.79 Å². The topological polar surface area (TPSA) is 79.4 Å². The molecule has 1 aromatic carbocycles. The van der Waals surface area contributed by atoms with E-state index in [0.717, 1.165) is 48.0 Å². The maximum atomic E-state index is 12.1. The second kappa shape index (κ2) is 8.36. The quantitative estimate of drug-likeness (QED) is 0.661. The summed E-state index contributed by atoms with van der Waals surface area (Å²) in [5, 5.41) is 8.58. The number of hydrogen-bond acceptors (Lipinski definition) is 7. The first-order valence-corrected chi connectivity index (χ1v) is 10.1. The number of aromatic nitrogens is 2. The van der Waals surface area contributed by atoms with E-state index in [2.05, 4.69) is 37.6 Å². The van der Waals surface area contributed by atoms with E-state index in [0.29, 0.717) is 11.7 Å². The molecule has 2 aliphatic heterocycles. The van der Waals surface area contributed by atoms with E-state index >= 15 is 0 Å². The van der Waals surface area contributed by atoms with E-state index in [1.54, 1.807) is 6.20 Å². The zero-order valence-corrected chi connectivity index (χ0v) is 17.1. The average Bonchev–Trinajstić information content (AvgIpc) is 3.15. The van der Waals surface area contributed by atoms with Crippen LogP contribution >= 0.6 is 23.7 Å². The van der Waals surface area contributed by atoms with Gasteiger partial charge in [0.25, 0.3) is 0 Å². The van der Waals surface area contributed by atoms with Crippen molar-refractivity contribution in [3.8, 4) is 17.0 Å². The first-order valence-electron chi connectivity index (χ1n) is 9.23. The molecule has 2 N–H and O–H groups in total.